The zero-order chi connectivity index (χ0) is 5.70. The van der Waals surface area contributed by atoms with Crippen LogP contribution in [0.25, 0.3) is 0 Å². The lowest BCUT2D eigenvalue weighted by Crippen LogP contribution is -2.01. The highest BCUT2D eigenvalue weighted by Gasteiger charge is 2.02. The monoisotopic (exact) mass is 118 g/mol. The summed E-state index contributed by atoms with van der Waals surface area (Å²) < 4.78 is 0. The molecule has 0 aliphatic carbocycles. The van der Waals surface area contributed by atoms with Gasteiger partial charge in [0.15, 0.2) is 5.25 Å². The second-order valence-corrected chi connectivity index (χ2v) is 3.06. The van der Waals surface area contributed by atoms with E-state index in [1.165, 1.54) is 5.25 Å². The topological polar surface area (TPSA) is 26.0 Å². The van der Waals surface area contributed by atoms with Crippen LogP contribution in [0.5, 0.6) is 0 Å². The van der Waals surface area contributed by atoms with Crippen molar-refractivity contribution in [2.75, 3.05) is 12.3 Å². The molecule has 0 radical (unpaired) electrons. The maximum absolute atomic E-state index is 5.24. The van der Waals surface area contributed by atoms with Crippen molar-refractivity contribution in [2.45, 2.75) is 13.8 Å². The molecule has 0 aromatic rings. The molecule has 7 heavy (non-hydrogen) atoms. The molecular formula is C5H12NS+. The fourth-order valence-corrected chi connectivity index (χ4v) is 0.789. The van der Waals surface area contributed by atoms with Gasteiger partial charge in [-0.1, -0.05) is 0 Å². The van der Waals surface area contributed by atoms with E-state index in [2.05, 4.69) is 13.8 Å². The number of rotatable bonds is 3. The Balaban J connectivity index is 2.68. The van der Waals surface area contributed by atoms with Crippen LogP contribution < -0.4 is 5.73 Å². The molecule has 0 aromatic heterocycles. The predicted molar refractivity (Wildman–Crippen MR) is 36.1 cm³/mol. The molecule has 1 nitrogen and oxygen atoms in total. The van der Waals surface area contributed by atoms with Crippen LogP contribution in [0, 0.1) is 5.25 Å². The first-order valence-corrected chi connectivity index (χ1v) is 3.39. The zero-order valence-corrected chi connectivity index (χ0v) is 5.72. The van der Waals surface area contributed by atoms with Crippen molar-refractivity contribution in [2.24, 2.45) is 5.73 Å². The molecule has 0 aliphatic rings. The molecule has 0 saturated carbocycles. The van der Waals surface area contributed by atoms with Crippen LogP contribution >= 0.6 is 11.8 Å². The molecule has 0 saturated heterocycles. The molecule has 2 N–H and O–H groups in total. The van der Waals surface area contributed by atoms with Crippen molar-refractivity contribution >= 4 is 11.8 Å². The molecule has 0 amide bonds. The summed E-state index contributed by atoms with van der Waals surface area (Å²) in [7, 11) is 0. The van der Waals surface area contributed by atoms with Crippen LogP contribution in [0.1, 0.15) is 13.8 Å². The van der Waals surface area contributed by atoms with Crippen molar-refractivity contribution in [3.05, 3.63) is 5.25 Å². The highest BCUT2D eigenvalue weighted by Crippen LogP contribution is 2.14. The van der Waals surface area contributed by atoms with E-state index in [0.29, 0.717) is 0 Å². The van der Waals surface area contributed by atoms with Crippen LogP contribution in [0.3, 0.4) is 0 Å². The maximum atomic E-state index is 5.24. The summed E-state index contributed by atoms with van der Waals surface area (Å²) in [6, 6.07) is 0. The molecule has 0 unspecified atom stereocenters. The maximum Gasteiger partial charge on any atom is 0.151 e. The summed E-state index contributed by atoms with van der Waals surface area (Å²) in [4.78, 5) is 0. The van der Waals surface area contributed by atoms with Gasteiger partial charge in [-0.3, -0.25) is 0 Å². The number of nitrogens with two attached hydrogens (primary N) is 1. The van der Waals surface area contributed by atoms with Gasteiger partial charge in [-0.2, -0.15) is 0 Å². The van der Waals surface area contributed by atoms with Gasteiger partial charge in [-0.05, 0) is 0 Å². The standard InChI is InChI=1S/C5H12NS/c1-5(2)7-4-3-6/h3-4,6H2,1-2H3/q+1. The van der Waals surface area contributed by atoms with E-state index in [9.17, 15) is 0 Å². The fraction of sp³-hybridized carbons (Fsp3) is 0.800. The predicted octanol–water partition coefficient (Wildman–Crippen LogP) is 1.25. The summed E-state index contributed by atoms with van der Waals surface area (Å²) in [6.07, 6.45) is 0. The molecule has 42 valence electrons. The van der Waals surface area contributed by atoms with Gasteiger partial charge < -0.3 is 5.73 Å². The van der Waals surface area contributed by atoms with E-state index in [0.717, 1.165) is 12.3 Å². The highest BCUT2D eigenvalue weighted by molar-refractivity contribution is 8.02. The van der Waals surface area contributed by atoms with Crippen LogP contribution in [0.2, 0.25) is 0 Å². The van der Waals surface area contributed by atoms with Gasteiger partial charge in [0.05, 0.1) is 31.4 Å². The quantitative estimate of drug-likeness (QED) is 0.564. The summed E-state index contributed by atoms with van der Waals surface area (Å²) in [5, 5.41) is 1.39. The average Bonchev–Trinajstić information content (AvgIpc) is 1.61. The van der Waals surface area contributed by atoms with Gasteiger partial charge in [-0.15, -0.1) is 0 Å². The third kappa shape index (κ3) is 6.18. The number of hydrogen-bond donors (Lipinski definition) is 1. The minimum Gasteiger partial charge on any atom is -0.329 e. The average molecular weight is 118 g/mol. The van der Waals surface area contributed by atoms with E-state index < -0.39 is 0 Å². The van der Waals surface area contributed by atoms with Crippen molar-refractivity contribution in [1.82, 2.24) is 0 Å². The van der Waals surface area contributed by atoms with E-state index in [1.807, 2.05) is 11.8 Å². The molecule has 0 aliphatic heterocycles. The van der Waals surface area contributed by atoms with Gasteiger partial charge in [0.25, 0.3) is 0 Å². The Morgan fingerprint density at radius 3 is 2.29 bits per heavy atom. The highest BCUT2D eigenvalue weighted by atomic mass is 32.2. The molecule has 2 heteroatoms. The lowest BCUT2D eigenvalue weighted by atomic mass is 10.6. The SMILES string of the molecule is C[C+](C)SCCN. The van der Waals surface area contributed by atoms with Crippen LogP contribution in [-0.2, 0) is 0 Å². The second-order valence-electron chi connectivity index (χ2n) is 1.55. The van der Waals surface area contributed by atoms with E-state index in [-0.39, 0.29) is 0 Å². The van der Waals surface area contributed by atoms with E-state index in [1.54, 1.807) is 0 Å². The molecule has 0 atom stereocenters. The molecule has 0 aromatic carbocycles. The first kappa shape index (κ1) is 7.18. The van der Waals surface area contributed by atoms with Crippen molar-refractivity contribution in [1.29, 1.82) is 0 Å². The van der Waals surface area contributed by atoms with Crippen molar-refractivity contribution < 1.29 is 0 Å². The molecule has 0 fully saturated rings. The van der Waals surface area contributed by atoms with Gasteiger partial charge >= 0.3 is 0 Å². The molecule has 0 heterocycles. The van der Waals surface area contributed by atoms with Gasteiger partial charge in [0.1, 0.15) is 0 Å². The molecule has 0 bridgehead atoms. The number of hydrogen-bond acceptors (Lipinski definition) is 2. The Hall–Kier alpha value is 0.180. The third-order valence-electron chi connectivity index (χ3n) is 0.509. The lowest BCUT2D eigenvalue weighted by molar-refractivity contribution is 1.15. The van der Waals surface area contributed by atoms with E-state index >= 15 is 0 Å². The Kier molecular flexibility index (Phi) is 4.45. The van der Waals surface area contributed by atoms with Gasteiger partial charge in [-0.25, -0.2) is 0 Å². The first-order valence-electron chi connectivity index (χ1n) is 2.40. The van der Waals surface area contributed by atoms with Crippen molar-refractivity contribution in [3.63, 3.8) is 0 Å². The summed E-state index contributed by atoms with van der Waals surface area (Å²) in [5.74, 6) is 1.06. The van der Waals surface area contributed by atoms with Gasteiger partial charge in [0, 0.05) is 6.54 Å². The normalized spacial score (nSPS) is 9.00. The summed E-state index contributed by atoms with van der Waals surface area (Å²) in [6.45, 7) is 4.98. The Morgan fingerprint density at radius 1 is 1.57 bits per heavy atom. The Labute approximate surface area is 49.7 Å². The largest absolute Gasteiger partial charge is 0.329 e. The molecular weight excluding hydrogens is 106 g/mol. The van der Waals surface area contributed by atoms with Crippen molar-refractivity contribution in [3.8, 4) is 0 Å². The van der Waals surface area contributed by atoms with E-state index in [4.69, 9.17) is 5.73 Å². The summed E-state index contributed by atoms with van der Waals surface area (Å²) in [5.41, 5.74) is 5.24. The number of thioether (sulfide) groups is 1. The van der Waals surface area contributed by atoms with Crippen LogP contribution in [0.4, 0.5) is 0 Å². The van der Waals surface area contributed by atoms with Gasteiger partial charge in [0.2, 0.25) is 0 Å². The lowest BCUT2D eigenvalue weighted by Gasteiger charge is -1.86. The fourth-order valence-electron chi connectivity index (χ4n) is 0.263. The first-order chi connectivity index (χ1) is 3.27. The molecule has 0 rings (SSSR count). The minimum atomic E-state index is 0.788. The Morgan fingerprint density at radius 2 is 2.14 bits per heavy atom. The Bertz CT molecular complexity index is 37.1. The zero-order valence-electron chi connectivity index (χ0n) is 4.90. The summed E-state index contributed by atoms with van der Waals surface area (Å²) >= 11 is 1.82. The minimum absolute atomic E-state index is 0.788. The second kappa shape index (κ2) is 4.34. The van der Waals surface area contributed by atoms with Crippen LogP contribution in [0.15, 0.2) is 0 Å². The smallest absolute Gasteiger partial charge is 0.151 e. The third-order valence-corrected chi connectivity index (χ3v) is 1.53. The molecule has 0 spiro atoms. The van der Waals surface area contributed by atoms with Crippen LogP contribution in [-0.4, -0.2) is 12.3 Å².